The Morgan fingerprint density at radius 1 is 1.09 bits per heavy atom. The van der Waals surface area contributed by atoms with Crippen LogP contribution in [0.15, 0.2) is 36.4 Å². The van der Waals surface area contributed by atoms with Crippen LogP contribution in [0.3, 0.4) is 0 Å². The van der Waals surface area contributed by atoms with Crippen molar-refractivity contribution >= 4 is 41.3 Å². The van der Waals surface area contributed by atoms with Crippen LogP contribution in [0.25, 0.3) is 29.1 Å². The number of H-pyrrole nitrogens is 1. The molecule has 1 aliphatic rings. The molecule has 0 atom stereocenters. The van der Waals surface area contributed by atoms with Gasteiger partial charge in [0.2, 0.25) is 5.78 Å². The van der Waals surface area contributed by atoms with E-state index in [0.29, 0.717) is 10.4 Å². The molecule has 3 aromatic heterocycles. The van der Waals surface area contributed by atoms with Crippen LogP contribution in [0.5, 0.6) is 0 Å². The van der Waals surface area contributed by atoms with Crippen molar-refractivity contribution in [1.82, 2.24) is 24.3 Å². The topological polar surface area (TPSA) is 58.9 Å². The van der Waals surface area contributed by atoms with Crippen molar-refractivity contribution in [1.29, 1.82) is 0 Å². The summed E-state index contributed by atoms with van der Waals surface area (Å²) in [5, 5.41) is 1.00. The van der Waals surface area contributed by atoms with Gasteiger partial charge >= 0.3 is 0 Å². The third-order valence-electron chi connectivity index (χ3n) is 4.01. The van der Waals surface area contributed by atoms with E-state index in [2.05, 4.69) is 27.1 Å². The lowest BCUT2D eigenvalue weighted by Crippen LogP contribution is -2.10. The Labute approximate surface area is 136 Å². The molecular formula is C17H11N5S. The van der Waals surface area contributed by atoms with Gasteiger partial charge in [-0.25, -0.2) is 9.97 Å². The van der Waals surface area contributed by atoms with Gasteiger partial charge in [0.1, 0.15) is 11.3 Å². The molecular weight excluding hydrogens is 306 g/mol. The first-order valence-electron chi connectivity index (χ1n) is 7.33. The highest BCUT2D eigenvalue weighted by Crippen LogP contribution is 2.16. The highest BCUT2D eigenvalue weighted by molar-refractivity contribution is 7.71. The second-order valence-electron chi connectivity index (χ2n) is 5.50. The van der Waals surface area contributed by atoms with Gasteiger partial charge in [-0.15, -0.1) is 0 Å². The fourth-order valence-electron chi connectivity index (χ4n) is 2.98. The minimum absolute atomic E-state index is 0.506. The van der Waals surface area contributed by atoms with Gasteiger partial charge in [0.25, 0.3) is 0 Å². The zero-order chi connectivity index (χ0) is 15.4. The van der Waals surface area contributed by atoms with Gasteiger partial charge in [0.05, 0.1) is 11.0 Å². The average Bonchev–Trinajstić information content (AvgIpc) is 3.22. The SMILES string of the molecule is S=c1nc2nc3c(n2c2nc(Cc4ccccc4)[nH]c12)=CC=C3. The molecule has 4 aromatic rings. The highest BCUT2D eigenvalue weighted by Gasteiger charge is 2.15. The van der Waals surface area contributed by atoms with Crippen molar-refractivity contribution in [3.63, 3.8) is 0 Å². The number of hydrogen-bond donors (Lipinski definition) is 1. The molecule has 0 fully saturated rings. The summed E-state index contributed by atoms with van der Waals surface area (Å²) >= 11 is 5.40. The third-order valence-corrected chi connectivity index (χ3v) is 4.30. The van der Waals surface area contributed by atoms with Crippen LogP contribution in [0, 0.1) is 4.64 Å². The highest BCUT2D eigenvalue weighted by atomic mass is 32.1. The minimum Gasteiger partial charge on any atom is -0.338 e. The monoisotopic (exact) mass is 317 g/mol. The van der Waals surface area contributed by atoms with E-state index in [1.807, 2.05) is 40.8 Å². The van der Waals surface area contributed by atoms with Crippen LogP contribution in [0.1, 0.15) is 17.1 Å². The summed E-state index contributed by atoms with van der Waals surface area (Å²) in [6.45, 7) is 0. The number of nitrogens with zero attached hydrogens (tertiary/aromatic N) is 4. The molecule has 1 aromatic carbocycles. The normalized spacial score (nSPS) is 12.9. The smallest absolute Gasteiger partial charge is 0.238 e. The second kappa shape index (κ2) is 4.57. The first-order chi connectivity index (χ1) is 11.3. The van der Waals surface area contributed by atoms with Gasteiger partial charge in [-0.2, -0.15) is 4.98 Å². The largest absolute Gasteiger partial charge is 0.338 e. The van der Waals surface area contributed by atoms with E-state index in [1.165, 1.54) is 5.56 Å². The predicted molar refractivity (Wildman–Crippen MR) is 91.4 cm³/mol. The van der Waals surface area contributed by atoms with Gasteiger partial charge < -0.3 is 4.98 Å². The van der Waals surface area contributed by atoms with E-state index in [1.54, 1.807) is 0 Å². The number of rotatable bonds is 2. The van der Waals surface area contributed by atoms with Crippen molar-refractivity contribution < 1.29 is 0 Å². The Balaban J connectivity index is 1.78. The maximum Gasteiger partial charge on any atom is 0.238 e. The summed E-state index contributed by atoms with van der Waals surface area (Å²) in [4.78, 5) is 17.0. The number of hydrogen-bond acceptors (Lipinski definition) is 4. The van der Waals surface area contributed by atoms with Crippen molar-refractivity contribution in [2.75, 3.05) is 0 Å². The van der Waals surface area contributed by atoms with Crippen LogP contribution in [0.4, 0.5) is 0 Å². The zero-order valence-electron chi connectivity index (χ0n) is 12.0. The molecule has 0 saturated carbocycles. The molecule has 0 aliphatic heterocycles. The Bertz CT molecular complexity index is 1200. The molecule has 0 amide bonds. The number of nitrogens with one attached hydrogen (secondary N) is 1. The van der Waals surface area contributed by atoms with Gasteiger partial charge in [0.15, 0.2) is 10.3 Å². The fourth-order valence-corrected chi connectivity index (χ4v) is 3.20. The number of aromatic nitrogens is 5. The van der Waals surface area contributed by atoms with Crippen LogP contribution < -0.4 is 5.35 Å². The van der Waals surface area contributed by atoms with Gasteiger partial charge in [-0.1, -0.05) is 48.6 Å². The van der Waals surface area contributed by atoms with E-state index in [-0.39, 0.29) is 0 Å². The summed E-state index contributed by atoms with van der Waals surface area (Å²) in [6, 6.07) is 10.2. The number of imidazole rings is 2. The molecule has 23 heavy (non-hydrogen) atoms. The first-order valence-corrected chi connectivity index (χ1v) is 7.74. The molecule has 1 N–H and O–H groups in total. The molecule has 3 heterocycles. The Kier molecular flexibility index (Phi) is 2.51. The minimum atomic E-state index is 0.506. The van der Waals surface area contributed by atoms with Crippen LogP contribution in [-0.2, 0) is 6.42 Å². The van der Waals surface area contributed by atoms with Crippen LogP contribution >= 0.6 is 12.2 Å². The molecule has 5 rings (SSSR count). The molecule has 0 spiro atoms. The van der Waals surface area contributed by atoms with Gasteiger partial charge in [0, 0.05) is 6.42 Å². The van der Waals surface area contributed by atoms with Crippen LogP contribution in [-0.4, -0.2) is 24.3 Å². The molecule has 5 nitrogen and oxygen atoms in total. The van der Waals surface area contributed by atoms with Gasteiger partial charge in [-0.3, -0.25) is 4.40 Å². The molecule has 1 aliphatic carbocycles. The zero-order valence-corrected chi connectivity index (χ0v) is 12.8. The summed E-state index contributed by atoms with van der Waals surface area (Å²) in [5.74, 6) is 1.48. The van der Waals surface area contributed by atoms with Crippen molar-refractivity contribution in [3.05, 3.63) is 63.5 Å². The molecule has 0 saturated heterocycles. The number of allylic oxidation sites excluding steroid dienone is 1. The summed E-state index contributed by atoms with van der Waals surface area (Å²) in [5.41, 5.74) is 3.69. The lowest BCUT2D eigenvalue weighted by atomic mass is 10.1. The molecule has 0 bridgehead atoms. The molecule has 6 heteroatoms. The number of benzene rings is 1. The number of aromatic amines is 1. The lowest BCUT2D eigenvalue weighted by Gasteiger charge is -1.96. The van der Waals surface area contributed by atoms with E-state index in [0.717, 1.165) is 34.5 Å². The maximum absolute atomic E-state index is 5.40. The molecule has 0 unspecified atom stereocenters. The Morgan fingerprint density at radius 2 is 1.96 bits per heavy atom. The predicted octanol–water partition coefficient (Wildman–Crippen LogP) is 2.45. The molecule has 0 radical (unpaired) electrons. The fraction of sp³-hybridized carbons (Fsp3) is 0.0588. The average molecular weight is 317 g/mol. The van der Waals surface area contributed by atoms with Crippen LogP contribution in [0.2, 0.25) is 0 Å². The second-order valence-corrected chi connectivity index (χ2v) is 5.89. The van der Waals surface area contributed by atoms with Crippen molar-refractivity contribution in [2.24, 2.45) is 0 Å². The first kappa shape index (κ1) is 12.7. The van der Waals surface area contributed by atoms with Crippen molar-refractivity contribution in [2.45, 2.75) is 6.42 Å². The van der Waals surface area contributed by atoms with E-state index >= 15 is 0 Å². The standard InChI is InChI=1S/C17H11N5S/c23-16-14-15(20-13(19-14)9-10-5-2-1-3-6-10)22-12-8-4-7-11(12)18-17(22)21-16/h1-8H,9H2,(H,19,20). The van der Waals surface area contributed by atoms with E-state index in [4.69, 9.17) is 17.2 Å². The summed E-state index contributed by atoms with van der Waals surface area (Å²) < 4.78 is 2.47. The lowest BCUT2D eigenvalue weighted by molar-refractivity contribution is 1.03. The molecule has 110 valence electrons. The maximum atomic E-state index is 5.40. The summed E-state index contributed by atoms with van der Waals surface area (Å²) in [7, 11) is 0. The van der Waals surface area contributed by atoms with Gasteiger partial charge in [-0.05, 0) is 17.7 Å². The third kappa shape index (κ3) is 1.85. The number of fused-ring (bicyclic) bond motifs is 5. The van der Waals surface area contributed by atoms with E-state index in [9.17, 15) is 0 Å². The quantitative estimate of drug-likeness (QED) is 0.577. The van der Waals surface area contributed by atoms with Crippen molar-refractivity contribution in [3.8, 4) is 0 Å². The Morgan fingerprint density at radius 3 is 2.83 bits per heavy atom. The summed E-state index contributed by atoms with van der Waals surface area (Å²) in [6.07, 6.45) is 6.70. The Hall–Kier alpha value is -2.86. The van der Waals surface area contributed by atoms with E-state index < -0.39 is 0 Å².